The smallest absolute Gasteiger partial charge is 0.393 e. The molecular weight excluding hydrogens is 573 g/mol. The van der Waals surface area contributed by atoms with Gasteiger partial charge in [-0.25, -0.2) is 9.97 Å². The number of amides is 1. The standard InChI is InChI=1S/C31H43F3N8O2/c1-19(2)26-29(36-20-4-7-23(43)8-5-20)39-30(27(38-26)28(35)44)37-21-6-9-25(24(18-21)31(32,33)34)42-12-10-22(11-13-42)41-16-14-40(3)15-17-41/h6,9,18,20,22-23,43H,1,4-5,7-8,10-17H2,2-3H3,(H2,35,44)(H2,36,37,39)/t20-,23-. The Morgan fingerprint density at radius 3 is 2.23 bits per heavy atom. The highest BCUT2D eigenvalue weighted by Crippen LogP contribution is 2.40. The number of benzene rings is 1. The number of hydrogen-bond donors (Lipinski definition) is 4. The zero-order valence-electron chi connectivity index (χ0n) is 25.5. The fourth-order valence-corrected chi connectivity index (χ4v) is 6.42. The van der Waals surface area contributed by atoms with Crippen LogP contribution in [0.15, 0.2) is 24.8 Å². The number of carbonyl (C=O) groups excluding carboxylic acids is 1. The molecule has 5 N–H and O–H groups in total. The van der Waals surface area contributed by atoms with Crippen LogP contribution in [-0.4, -0.2) is 95.3 Å². The number of anilines is 4. The quantitative estimate of drug-likeness (QED) is 0.344. The lowest BCUT2D eigenvalue weighted by molar-refractivity contribution is -0.137. The second-order valence-electron chi connectivity index (χ2n) is 12.3. The lowest BCUT2D eigenvalue weighted by Crippen LogP contribution is -2.52. The summed E-state index contributed by atoms with van der Waals surface area (Å²) in [7, 11) is 2.11. The van der Waals surface area contributed by atoms with Crippen LogP contribution in [0.5, 0.6) is 0 Å². The van der Waals surface area contributed by atoms with Gasteiger partial charge in [0.2, 0.25) is 0 Å². The normalized spacial score (nSPS) is 22.5. The van der Waals surface area contributed by atoms with E-state index in [-0.39, 0.29) is 35.0 Å². The molecule has 5 rings (SSSR count). The van der Waals surface area contributed by atoms with E-state index < -0.39 is 17.6 Å². The summed E-state index contributed by atoms with van der Waals surface area (Å²) in [6, 6.07) is 4.48. The molecule has 1 saturated carbocycles. The number of nitrogens with two attached hydrogens (primary N) is 1. The molecular formula is C31H43F3N8O2. The van der Waals surface area contributed by atoms with Crippen LogP contribution in [0.4, 0.5) is 36.2 Å². The fourth-order valence-electron chi connectivity index (χ4n) is 6.42. The van der Waals surface area contributed by atoms with Crippen LogP contribution >= 0.6 is 0 Å². The van der Waals surface area contributed by atoms with Crippen molar-refractivity contribution >= 4 is 34.5 Å². The highest BCUT2D eigenvalue weighted by molar-refractivity contribution is 5.97. The van der Waals surface area contributed by atoms with Gasteiger partial charge in [-0.1, -0.05) is 6.58 Å². The Bertz CT molecular complexity index is 1350. The number of carbonyl (C=O) groups is 1. The van der Waals surface area contributed by atoms with Crippen LogP contribution in [0, 0.1) is 0 Å². The van der Waals surface area contributed by atoms with Crippen LogP contribution in [0.25, 0.3) is 5.57 Å². The van der Waals surface area contributed by atoms with Crippen LogP contribution < -0.4 is 21.3 Å². The Kier molecular flexibility index (Phi) is 9.66. The fraction of sp³-hybridized carbons (Fsp3) is 0.581. The van der Waals surface area contributed by atoms with Gasteiger partial charge in [-0.05, 0) is 76.3 Å². The van der Waals surface area contributed by atoms with Crippen molar-refractivity contribution in [1.82, 2.24) is 19.8 Å². The Balaban J connectivity index is 1.38. The molecule has 2 saturated heterocycles. The largest absolute Gasteiger partial charge is 0.418 e. The van der Waals surface area contributed by atoms with E-state index in [4.69, 9.17) is 5.73 Å². The molecule has 1 amide bonds. The average molecular weight is 617 g/mol. The highest BCUT2D eigenvalue weighted by atomic mass is 19.4. The van der Waals surface area contributed by atoms with Crippen molar-refractivity contribution in [2.75, 3.05) is 61.8 Å². The first-order valence-corrected chi connectivity index (χ1v) is 15.4. The van der Waals surface area contributed by atoms with Gasteiger partial charge in [0.05, 0.1) is 11.7 Å². The van der Waals surface area contributed by atoms with Gasteiger partial charge in [-0.3, -0.25) is 9.69 Å². The third-order valence-electron chi connectivity index (χ3n) is 9.00. The number of likely N-dealkylation sites (N-methyl/N-ethyl adjacent to an activating group) is 1. The third kappa shape index (κ3) is 7.44. The number of aliphatic hydroxyl groups excluding tert-OH is 1. The summed E-state index contributed by atoms with van der Waals surface area (Å²) in [5.41, 5.74) is 5.82. The summed E-state index contributed by atoms with van der Waals surface area (Å²) < 4.78 is 43.3. The lowest BCUT2D eigenvalue weighted by Gasteiger charge is -2.43. The lowest BCUT2D eigenvalue weighted by atomic mass is 9.93. The molecule has 13 heteroatoms. The number of nitrogens with zero attached hydrogens (tertiary/aromatic N) is 5. The summed E-state index contributed by atoms with van der Waals surface area (Å²) in [5, 5.41) is 16.1. The van der Waals surface area contributed by atoms with Gasteiger partial charge in [0.1, 0.15) is 5.69 Å². The maximum atomic E-state index is 14.4. The number of halogens is 3. The maximum absolute atomic E-state index is 14.4. The Morgan fingerprint density at radius 1 is 0.977 bits per heavy atom. The van der Waals surface area contributed by atoms with Crippen molar-refractivity contribution in [3.8, 4) is 0 Å². The van der Waals surface area contributed by atoms with Gasteiger partial charge in [0.15, 0.2) is 17.3 Å². The van der Waals surface area contributed by atoms with E-state index in [2.05, 4.69) is 44.0 Å². The summed E-state index contributed by atoms with van der Waals surface area (Å²) in [6.45, 7) is 10.7. The molecule has 240 valence electrons. The summed E-state index contributed by atoms with van der Waals surface area (Å²) in [5.74, 6) is -0.567. The first-order chi connectivity index (χ1) is 20.9. The molecule has 44 heavy (non-hydrogen) atoms. The molecule has 0 bridgehead atoms. The Hall–Kier alpha value is -3.42. The number of nitrogens with one attached hydrogen (secondary N) is 2. The minimum atomic E-state index is -4.60. The molecule has 3 aliphatic rings. The molecule has 1 aromatic carbocycles. The highest BCUT2D eigenvalue weighted by Gasteiger charge is 2.37. The summed E-state index contributed by atoms with van der Waals surface area (Å²) >= 11 is 0. The van der Waals surface area contributed by atoms with Crippen molar-refractivity contribution in [3.63, 3.8) is 0 Å². The number of alkyl halides is 3. The Morgan fingerprint density at radius 2 is 1.64 bits per heavy atom. The third-order valence-corrected chi connectivity index (χ3v) is 9.00. The molecule has 3 fully saturated rings. The van der Waals surface area contributed by atoms with E-state index >= 15 is 0 Å². The molecule has 1 aliphatic carbocycles. The number of primary amides is 1. The van der Waals surface area contributed by atoms with Crippen molar-refractivity contribution in [1.29, 1.82) is 0 Å². The number of piperidine rings is 1. The topological polar surface area (TPSA) is 123 Å². The van der Waals surface area contributed by atoms with Crippen LogP contribution in [0.3, 0.4) is 0 Å². The number of aliphatic hydroxyl groups is 1. The number of hydrogen-bond acceptors (Lipinski definition) is 9. The van der Waals surface area contributed by atoms with E-state index in [0.29, 0.717) is 61.9 Å². The van der Waals surface area contributed by atoms with Gasteiger partial charge in [-0.15, -0.1) is 0 Å². The minimum absolute atomic E-state index is 0.00888. The van der Waals surface area contributed by atoms with E-state index in [1.54, 1.807) is 13.0 Å². The van der Waals surface area contributed by atoms with E-state index in [9.17, 15) is 23.1 Å². The van der Waals surface area contributed by atoms with Gasteiger partial charge >= 0.3 is 6.18 Å². The first kappa shape index (κ1) is 32.0. The van der Waals surface area contributed by atoms with E-state index in [1.165, 1.54) is 6.07 Å². The van der Waals surface area contributed by atoms with Crippen molar-refractivity contribution in [2.24, 2.45) is 5.73 Å². The average Bonchev–Trinajstić information content (AvgIpc) is 2.98. The van der Waals surface area contributed by atoms with Crippen molar-refractivity contribution in [3.05, 3.63) is 41.7 Å². The molecule has 0 atom stereocenters. The number of aromatic nitrogens is 2. The van der Waals surface area contributed by atoms with E-state index in [0.717, 1.165) is 45.1 Å². The summed E-state index contributed by atoms with van der Waals surface area (Å²) in [6.07, 6.45) is -0.628. The molecule has 10 nitrogen and oxygen atoms in total. The van der Waals surface area contributed by atoms with Gasteiger partial charge in [0, 0.05) is 62.7 Å². The monoisotopic (exact) mass is 616 g/mol. The molecule has 1 aromatic heterocycles. The number of rotatable bonds is 8. The van der Waals surface area contributed by atoms with Crippen molar-refractivity contribution in [2.45, 2.75) is 69.8 Å². The number of allylic oxidation sites excluding steroid dienone is 1. The predicted molar refractivity (Wildman–Crippen MR) is 166 cm³/mol. The molecule has 0 unspecified atom stereocenters. The molecule has 2 aliphatic heterocycles. The van der Waals surface area contributed by atoms with Crippen LogP contribution in [0.2, 0.25) is 0 Å². The minimum Gasteiger partial charge on any atom is -0.393 e. The van der Waals surface area contributed by atoms with Gasteiger partial charge in [0.25, 0.3) is 5.91 Å². The van der Waals surface area contributed by atoms with Crippen molar-refractivity contribution < 1.29 is 23.1 Å². The van der Waals surface area contributed by atoms with Crippen LogP contribution in [-0.2, 0) is 6.18 Å². The number of piperazine rings is 1. The van der Waals surface area contributed by atoms with Gasteiger partial charge < -0.3 is 31.3 Å². The van der Waals surface area contributed by atoms with Crippen LogP contribution in [0.1, 0.15) is 67.2 Å². The second-order valence-corrected chi connectivity index (χ2v) is 12.3. The first-order valence-electron chi connectivity index (χ1n) is 15.4. The Labute approximate surface area is 256 Å². The molecule has 0 radical (unpaired) electrons. The zero-order chi connectivity index (χ0) is 31.6. The predicted octanol–water partition coefficient (Wildman–Crippen LogP) is 4.30. The molecule has 3 heterocycles. The zero-order valence-corrected chi connectivity index (χ0v) is 25.5. The maximum Gasteiger partial charge on any atom is 0.418 e. The van der Waals surface area contributed by atoms with Gasteiger partial charge in [-0.2, -0.15) is 13.2 Å². The molecule has 0 spiro atoms. The SMILES string of the molecule is C=C(C)c1nc(C(N)=O)c(Nc2ccc(N3CCC(N4CCN(C)CC4)CC3)c(C(F)(F)F)c2)nc1N[C@H]1CC[C@H](O)CC1. The summed E-state index contributed by atoms with van der Waals surface area (Å²) in [4.78, 5) is 27.9. The molecule has 2 aromatic rings. The second kappa shape index (κ2) is 13.3. The van der Waals surface area contributed by atoms with E-state index in [1.807, 2.05) is 4.90 Å².